The van der Waals surface area contributed by atoms with Gasteiger partial charge in [-0.3, -0.25) is 13.9 Å². The highest BCUT2D eigenvalue weighted by molar-refractivity contribution is 9.10. The first-order valence-electron chi connectivity index (χ1n) is 11.9. The van der Waals surface area contributed by atoms with Crippen LogP contribution in [0.1, 0.15) is 25.0 Å². The highest BCUT2D eigenvalue weighted by Gasteiger charge is 2.35. The molecule has 0 bridgehead atoms. The summed E-state index contributed by atoms with van der Waals surface area (Å²) in [6, 6.07) is 16.9. The van der Waals surface area contributed by atoms with Gasteiger partial charge in [-0.2, -0.15) is 13.2 Å². The van der Waals surface area contributed by atoms with Crippen molar-refractivity contribution in [2.24, 2.45) is 0 Å². The number of halogens is 4. The number of nitrogens with one attached hydrogen (secondary N) is 1. The monoisotopic (exact) mass is 625 g/mol. The van der Waals surface area contributed by atoms with Gasteiger partial charge < -0.3 is 10.2 Å². The number of nitrogens with zero attached hydrogens (tertiary/aromatic N) is 2. The maximum atomic E-state index is 13.7. The number of benzene rings is 3. The summed E-state index contributed by atoms with van der Waals surface area (Å²) in [5.41, 5.74) is -0.747. The minimum Gasteiger partial charge on any atom is -0.355 e. The quantitative estimate of drug-likeness (QED) is 0.335. The van der Waals surface area contributed by atoms with Crippen molar-refractivity contribution in [3.63, 3.8) is 0 Å². The van der Waals surface area contributed by atoms with Gasteiger partial charge in [0.1, 0.15) is 12.6 Å². The Morgan fingerprint density at radius 1 is 0.974 bits per heavy atom. The summed E-state index contributed by atoms with van der Waals surface area (Å²) in [5, 5.41) is 2.64. The van der Waals surface area contributed by atoms with E-state index in [0.29, 0.717) is 22.5 Å². The maximum Gasteiger partial charge on any atom is 0.416 e. The number of amides is 2. The number of anilines is 1. The number of hydrogen-bond acceptors (Lipinski definition) is 4. The summed E-state index contributed by atoms with van der Waals surface area (Å²) in [4.78, 5) is 27.4. The molecule has 0 saturated heterocycles. The molecule has 39 heavy (non-hydrogen) atoms. The van der Waals surface area contributed by atoms with Gasteiger partial charge in [-0.25, -0.2) is 8.42 Å². The number of alkyl halides is 3. The molecule has 12 heteroatoms. The SMILES string of the molecule is CCNC(=O)[C@@H](C)N(Cc1cccc(Br)c1)C(=O)CN(c1cccc(C(F)(F)F)c1)S(=O)(=O)c1ccccc1. The van der Waals surface area contributed by atoms with Crippen molar-refractivity contribution in [2.75, 3.05) is 17.4 Å². The molecule has 0 aliphatic heterocycles. The molecule has 0 aromatic heterocycles. The van der Waals surface area contributed by atoms with E-state index in [1.165, 1.54) is 42.2 Å². The van der Waals surface area contributed by atoms with Crippen molar-refractivity contribution in [1.29, 1.82) is 0 Å². The van der Waals surface area contributed by atoms with E-state index in [2.05, 4.69) is 21.2 Å². The molecule has 2 amide bonds. The second-order valence-electron chi connectivity index (χ2n) is 8.59. The molecule has 0 radical (unpaired) electrons. The van der Waals surface area contributed by atoms with Crippen molar-refractivity contribution in [3.05, 3.63) is 94.5 Å². The fourth-order valence-electron chi connectivity index (χ4n) is 3.82. The van der Waals surface area contributed by atoms with Crippen molar-refractivity contribution >= 4 is 43.5 Å². The van der Waals surface area contributed by atoms with Crippen LogP contribution in [0.15, 0.2) is 88.2 Å². The Bertz CT molecular complexity index is 1420. The van der Waals surface area contributed by atoms with Crippen LogP contribution in [0.4, 0.5) is 18.9 Å². The summed E-state index contributed by atoms with van der Waals surface area (Å²) >= 11 is 3.36. The van der Waals surface area contributed by atoms with Crippen molar-refractivity contribution in [3.8, 4) is 0 Å². The first-order chi connectivity index (χ1) is 18.3. The summed E-state index contributed by atoms with van der Waals surface area (Å²) in [7, 11) is -4.47. The van der Waals surface area contributed by atoms with E-state index in [1.807, 2.05) is 0 Å². The standard InChI is InChI=1S/C27H27BrF3N3O4S/c1-3-32-26(36)19(2)33(17-20-9-7-11-22(28)15-20)25(35)18-34(39(37,38)24-13-5-4-6-14-24)23-12-8-10-21(16-23)27(29,30)31/h4-16,19H,3,17-18H2,1-2H3,(H,32,36)/t19-/m1/s1. The fourth-order valence-corrected chi connectivity index (χ4v) is 5.70. The molecule has 7 nitrogen and oxygen atoms in total. The highest BCUT2D eigenvalue weighted by Crippen LogP contribution is 2.33. The van der Waals surface area contributed by atoms with Crippen LogP contribution in [0.2, 0.25) is 0 Å². The lowest BCUT2D eigenvalue weighted by Crippen LogP contribution is -2.51. The molecule has 0 aliphatic rings. The van der Waals surface area contributed by atoms with Crippen molar-refractivity contribution in [1.82, 2.24) is 10.2 Å². The van der Waals surface area contributed by atoms with Gasteiger partial charge >= 0.3 is 6.18 Å². The van der Waals surface area contributed by atoms with Gasteiger partial charge in [-0.05, 0) is 61.9 Å². The smallest absolute Gasteiger partial charge is 0.355 e. The van der Waals surface area contributed by atoms with E-state index in [0.717, 1.165) is 16.6 Å². The lowest BCUT2D eigenvalue weighted by molar-refractivity contribution is -0.139. The molecule has 0 unspecified atom stereocenters. The second kappa shape index (κ2) is 12.6. The van der Waals surface area contributed by atoms with Crippen LogP contribution in [-0.2, 0) is 32.3 Å². The maximum absolute atomic E-state index is 13.7. The Kier molecular flexibility index (Phi) is 9.78. The minimum absolute atomic E-state index is 0.0433. The Hall–Kier alpha value is -3.38. The molecule has 0 fully saturated rings. The third-order valence-corrected chi connectivity index (χ3v) is 8.11. The van der Waals surface area contributed by atoms with E-state index >= 15 is 0 Å². The van der Waals surface area contributed by atoms with Crippen molar-refractivity contribution in [2.45, 2.75) is 37.5 Å². The predicted molar refractivity (Wildman–Crippen MR) is 145 cm³/mol. The van der Waals surface area contributed by atoms with Gasteiger partial charge in [-0.15, -0.1) is 0 Å². The van der Waals surface area contributed by atoms with E-state index in [9.17, 15) is 31.2 Å². The predicted octanol–water partition coefficient (Wildman–Crippen LogP) is 5.22. The molecule has 1 atom stereocenters. The Balaban J connectivity index is 2.08. The number of carbonyl (C=O) groups is 2. The minimum atomic E-state index is -4.73. The third-order valence-electron chi connectivity index (χ3n) is 5.83. The van der Waals surface area contributed by atoms with Crippen LogP contribution >= 0.6 is 15.9 Å². The number of carbonyl (C=O) groups excluding carboxylic acids is 2. The summed E-state index contributed by atoms with van der Waals surface area (Å²) < 4.78 is 69.1. The van der Waals surface area contributed by atoms with Crippen LogP contribution in [0.5, 0.6) is 0 Å². The molecule has 0 saturated carbocycles. The van der Waals surface area contributed by atoms with Crippen LogP contribution in [0, 0.1) is 0 Å². The molecule has 3 aromatic rings. The summed E-state index contributed by atoms with van der Waals surface area (Å²) in [6.07, 6.45) is -4.73. The van der Waals surface area contributed by atoms with Crippen LogP contribution in [0.3, 0.4) is 0 Å². The average molecular weight is 626 g/mol. The number of rotatable bonds is 10. The first-order valence-corrected chi connectivity index (χ1v) is 14.1. The fraction of sp³-hybridized carbons (Fsp3) is 0.259. The average Bonchev–Trinajstić information content (AvgIpc) is 2.90. The van der Waals surface area contributed by atoms with E-state index < -0.39 is 46.2 Å². The molecular weight excluding hydrogens is 599 g/mol. The lowest BCUT2D eigenvalue weighted by Gasteiger charge is -2.32. The molecule has 0 aliphatic carbocycles. The summed E-state index contributed by atoms with van der Waals surface area (Å²) in [6.45, 7) is 2.64. The normalized spacial score (nSPS) is 12.5. The zero-order valence-electron chi connectivity index (χ0n) is 21.2. The first kappa shape index (κ1) is 30.2. The van der Waals surface area contributed by atoms with E-state index in [1.54, 1.807) is 37.3 Å². The van der Waals surface area contributed by atoms with E-state index in [-0.39, 0.29) is 17.1 Å². The van der Waals surface area contributed by atoms with Crippen LogP contribution < -0.4 is 9.62 Å². The number of sulfonamides is 1. The Labute approximate surface area is 233 Å². The third kappa shape index (κ3) is 7.60. The summed E-state index contributed by atoms with van der Waals surface area (Å²) in [5.74, 6) is -1.23. The van der Waals surface area contributed by atoms with Crippen LogP contribution in [0.25, 0.3) is 0 Å². The van der Waals surface area contributed by atoms with Gasteiger partial charge in [0, 0.05) is 17.6 Å². The van der Waals surface area contributed by atoms with E-state index in [4.69, 9.17) is 0 Å². The van der Waals surface area contributed by atoms with Gasteiger partial charge in [0.15, 0.2) is 0 Å². The van der Waals surface area contributed by atoms with Crippen molar-refractivity contribution < 1.29 is 31.2 Å². The number of likely N-dealkylation sites (N-methyl/N-ethyl adjacent to an activating group) is 1. The zero-order chi connectivity index (χ0) is 28.8. The lowest BCUT2D eigenvalue weighted by atomic mass is 10.1. The Morgan fingerprint density at radius 3 is 2.26 bits per heavy atom. The second-order valence-corrected chi connectivity index (χ2v) is 11.4. The molecule has 208 valence electrons. The highest BCUT2D eigenvalue weighted by atomic mass is 79.9. The topological polar surface area (TPSA) is 86.8 Å². The molecule has 0 heterocycles. The molecule has 3 aromatic carbocycles. The number of hydrogen-bond donors (Lipinski definition) is 1. The molecular formula is C27H27BrF3N3O4S. The molecule has 0 spiro atoms. The largest absolute Gasteiger partial charge is 0.416 e. The van der Waals surface area contributed by atoms with Gasteiger partial charge in [-0.1, -0.05) is 52.3 Å². The van der Waals surface area contributed by atoms with Gasteiger partial charge in [0.25, 0.3) is 10.0 Å². The van der Waals surface area contributed by atoms with Crippen LogP contribution in [-0.4, -0.2) is 44.3 Å². The Morgan fingerprint density at radius 2 is 1.64 bits per heavy atom. The van der Waals surface area contributed by atoms with Gasteiger partial charge in [0.2, 0.25) is 11.8 Å². The molecule has 1 N–H and O–H groups in total. The zero-order valence-corrected chi connectivity index (χ0v) is 23.6. The molecule has 3 rings (SSSR count). The van der Waals surface area contributed by atoms with Gasteiger partial charge in [0.05, 0.1) is 16.1 Å².